The molecule has 1 aromatic carbocycles. The summed E-state index contributed by atoms with van der Waals surface area (Å²) in [7, 11) is 3.79. The normalized spacial score (nSPS) is 15.2. The molecular formula is C30H32F3N5O3S. The molecule has 0 unspecified atom stereocenters. The number of nitrogens with zero attached hydrogens (tertiary/aromatic N) is 5. The van der Waals surface area contributed by atoms with Crippen molar-refractivity contribution in [3.05, 3.63) is 81.8 Å². The van der Waals surface area contributed by atoms with E-state index in [1.165, 1.54) is 28.3 Å². The molecule has 0 saturated heterocycles. The summed E-state index contributed by atoms with van der Waals surface area (Å²) in [5, 5.41) is 4.33. The number of hydrogen-bond donors (Lipinski definition) is 0. The topological polar surface area (TPSA) is 72.0 Å². The third-order valence-corrected chi connectivity index (χ3v) is 7.85. The molecule has 0 bridgehead atoms. The van der Waals surface area contributed by atoms with Crippen LogP contribution in [0.4, 0.5) is 18.2 Å². The maximum absolute atomic E-state index is 14.3. The van der Waals surface area contributed by atoms with Gasteiger partial charge in [-0.3, -0.25) is 14.3 Å². The molecular weight excluding hydrogens is 567 g/mol. The van der Waals surface area contributed by atoms with Crippen LogP contribution in [0.3, 0.4) is 0 Å². The lowest BCUT2D eigenvalue weighted by Crippen LogP contribution is -2.37. The van der Waals surface area contributed by atoms with Crippen LogP contribution in [0, 0.1) is 6.57 Å². The van der Waals surface area contributed by atoms with E-state index in [2.05, 4.69) is 9.94 Å². The molecule has 1 atom stereocenters. The molecule has 0 spiro atoms. The number of likely N-dealkylation sites (N-methyl/N-ethyl adjacent to an activating group) is 1. The zero-order chi connectivity index (χ0) is 30.4. The fourth-order valence-corrected chi connectivity index (χ4v) is 5.99. The number of rotatable bonds is 10. The predicted molar refractivity (Wildman–Crippen MR) is 154 cm³/mol. The van der Waals surface area contributed by atoms with Crippen LogP contribution in [0.25, 0.3) is 16.0 Å². The zero-order valence-corrected chi connectivity index (χ0v) is 24.5. The SMILES string of the molecule is [C-]#[N+]c1cc2c(s1)CN(C(=O)/C=C/CN(C)C)C[C@H]2c1ccccc1-c1cn(CCCC(=O)OCC)nc1C(F)(F)F. The van der Waals surface area contributed by atoms with Crippen molar-refractivity contribution >= 4 is 28.2 Å². The van der Waals surface area contributed by atoms with E-state index < -0.39 is 23.8 Å². The summed E-state index contributed by atoms with van der Waals surface area (Å²) >= 11 is 1.30. The number of ether oxygens (including phenoxy) is 1. The molecule has 0 fully saturated rings. The number of benzene rings is 1. The first-order valence-corrected chi connectivity index (χ1v) is 14.3. The van der Waals surface area contributed by atoms with E-state index >= 15 is 0 Å². The Morgan fingerprint density at radius 3 is 2.69 bits per heavy atom. The largest absolute Gasteiger partial charge is 0.466 e. The van der Waals surface area contributed by atoms with Crippen LogP contribution in [0.2, 0.25) is 0 Å². The molecule has 2 aromatic heterocycles. The van der Waals surface area contributed by atoms with Gasteiger partial charge in [-0.25, -0.2) is 4.85 Å². The van der Waals surface area contributed by atoms with Crippen LogP contribution >= 0.6 is 11.3 Å². The highest BCUT2D eigenvalue weighted by Gasteiger charge is 2.39. The number of amides is 1. The van der Waals surface area contributed by atoms with Crippen LogP contribution in [-0.2, 0) is 33.6 Å². The van der Waals surface area contributed by atoms with E-state index in [9.17, 15) is 22.8 Å². The van der Waals surface area contributed by atoms with Crippen LogP contribution in [0.1, 0.15) is 47.4 Å². The Labute approximate surface area is 246 Å². The minimum absolute atomic E-state index is 0.0697. The van der Waals surface area contributed by atoms with E-state index in [1.54, 1.807) is 48.2 Å². The Hall–Kier alpha value is -3.95. The molecule has 0 aliphatic carbocycles. The number of esters is 1. The number of alkyl halides is 3. The molecule has 1 aliphatic rings. The molecule has 12 heteroatoms. The molecule has 3 aromatic rings. The average Bonchev–Trinajstić information content (AvgIpc) is 3.57. The fraction of sp³-hybridized carbons (Fsp3) is 0.400. The van der Waals surface area contributed by atoms with Gasteiger partial charge < -0.3 is 14.5 Å². The van der Waals surface area contributed by atoms with Crippen LogP contribution in [0.5, 0.6) is 0 Å². The molecule has 0 N–H and O–H groups in total. The number of halogens is 3. The lowest BCUT2D eigenvalue weighted by atomic mass is 9.84. The molecule has 42 heavy (non-hydrogen) atoms. The quantitative estimate of drug-likeness (QED) is 0.160. The van der Waals surface area contributed by atoms with Crippen LogP contribution in [0.15, 0.2) is 48.7 Å². The van der Waals surface area contributed by atoms with Gasteiger partial charge in [0.2, 0.25) is 10.9 Å². The van der Waals surface area contributed by atoms with E-state index in [1.807, 2.05) is 19.0 Å². The Morgan fingerprint density at radius 2 is 2.00 bits per heavy atom. The number of carbonyl (C=O) groups is 2. The molecule has 222 valence electrons. The Morgan fingerprint density at radius 1 is 1.24 bits per heavy atom. The van der Waals surface area contributed by atoms with Gasteiger partial charge in [0.1, 0.15) is 0 Å². The highest BCUT2D eigenvalue weighted by molar-refractivity contribution is 7.16. The first-order valence-electron chi connectivity index (χ1n) is 13.5. The number of carbonyl (C=O) groups excluding carboxylic acids is 2. The smallest absolute Gasteiger partial charge is 0.435 e. The summed E-state index contributed by atoms with van der Waals surface area (Å²) in [6, 6.07) is 8.61. The monoisotopic (exact) mass is 599 g/mol. The Balaban J connectivity index is 1.73. The van der Waals surface area contributed by atoms with Gasteiger partial charge in [-0.2, -0.15) is 29.6 Å². The maximum atomic E-state index is 14.3. The van der Waals surface area contributed by atoms with Crippen molar-refractivity contribution in [1.82, 2.24) is 19.6 Å². The maximum Gasteiger partial charge on any atom is 0.435 e. The molecule has 0 radical (unpaired) electrons. The van der Waals surface area contributed by atoms with Gasteiger partial charge in [0.05, 0.1) is 19.7 Å². The second-order valence-electron chi connectivity index (χ2n) is 10.2. The van der Waals surface area contributed by atoms with Crippen molar-refractivity contribution < 1.29 is 27.5 Å². The minimum Gasteiger partial charge on any atom is -0.466 e. The second-order valence-corrected chi connectivity index (χ2v) is 11.3. The number of fused-ring (bicyclic) bond motifs is 1. The summed E-state index contributed by atoms with van der Waals surface area (Å²) in [6.07, 6.45) is 0.274. The van der Waals surface area contributed by atoms with E-state index in [4.69, 9.17) is 11.3 Å². The summed E-state index contributed by atoms with van der Waals surface area (Å²) in [4.78, 5) is 32.9. The molecule has 1 amide bonds. The standard InChI is InChI=1S/C30H32F3N5O3S/c1-5-41-28(40)13-9-15-38-18-24(29(35-38)30(31,32)33)21-11-7-6-10-20(21)23-17-37(27(39)12-8-14-36(3)4)19-25-22(23)16-26(34-2)42-25/h6-8,10-12,16,18,23H,5,9,13-15,17,19H2,1,3-4H3/b12-8+/t23-/m0/s1. The third kappa shape index (κ3) is 7.27. The van der Waals surface area contributed by atoms with Gasteiger partial charge in [0.25, 0.3) is 0 Å². The summed E-state index contributed by atoms with van der Waals surface area (Å²) < 4.78 is 48.9. The van der Waals surface area contributed by atoms with Gasteiger partial charge >= 0.3 is 12.1 Å². The van der Waals surface area contributed by atoms with E-state index in [-0.39, 0.29) is 44.0 Å². The van der Waals surface area contributed by atoms with Gasteiger partial charge in [0, 0.05) is 54.7 Å². The predicted octanol–water partition coefficient (Wildman–Crippen LogP) is 6.12. The summed E-state index contributed by atoms with van der Waals surface area (Å²) in [5.74, 6) is -1.06. The molecule has 8 nitrogen and oxygen atoms in total. The first-order chi connectivity index (χ1) is 20.0. The van der Waals surface area contributed by atoms with E-state index in [0.29, 0.717) is 29.2 Å². The number of hydrogen-bond acceptors (Lipinski definition) is 6. The highest BCUT2D eigenvalue weighted by atomic mass is 32.1. The van der Waals surface area contributed by atoms with Gasteiger partial charge in [-0.1, -0.05) is 30.3 Å². The lowest BCUT2D eigenvalue weighted by Gasteiger charge is -2.34. The Kier molecular flexibility index (Phi) is 9.85. The highest BCUT2D eigenvalue weighted by Crippen LogP contribution is 2.45. The lowest BCUT2D eigenvalue weighted by molar-refractivity contribution is -0.143. The first kappa shape index (κ1) is 31.0. The number of thiophene rings is 1. The van der Waals surface area contributed by atoms with Crippen molar-refractivity contribution in [2.75, 3.05) is 33.8 Å². The molecule has 1 aliphatic heterocycles. The van der Waals surface area contributed by atoms with Crippen LogP contribution < -0.4 is 0 Å². The molecule has 0 saturated carbocycles. The van der Waals surface area contributed by atoms with Crippen molar-refractivity contribution in [2.45, 2.75) is 44.9 Å². The molecule has 3 heterocycles. The Bertz CT molecular complexity index is 1500. The minimum atomic E-state index is -4.72. The molecule has 4 rings (SSSR count). The van der Waals surface area contributed by atoms with Crippen molar-refractivity contribution in [2.24, 2.45) is 0 Å². The zero-order valence-electron chi connectivity index (χ0n) is 23.6. The fourth-order valence-electron chi connectivity index (χ4n) is 4.97. The van der Waals surface area contributed by atoms with Gasteiger partial charge in [-0.05, 0) is 50.2 Å². The van der Waals surface area contributed by atoms with Crippen molar-refractivity contribution in [1.29, 1.82) is 0 Å². The van der Waals surface area contributed by atoms with E-state index in [0.717, 1.165) is 10.4 Å². The number of aryl methyl sites for hydroxylation is 1. The van der Waals surface area contributed by atoms with Gasteiger partial charge in [-0.15, -0.1) is 0 Å². The van der Waals surface area contributed by atoms with Crippen molar-refractivity contribution in [3.8, 4) is 11.1 Å². The van der Waals surface area contributed by atoms with Crippen LogP contribution in [-0.4, -0.2) is 65.2 Å². The van der Waals surface area contributed by atoms with Crippen molar-refractivity contribution in [3.63, 3.8) is 0 Å². The second kappa shape index (κ2) is 13.4. The summed E-state index contributed by atoms with van der Waals surface area (Å²) in [6.45, 7) is 10.7. The average molecular weight is 600 g/mol. The van der Waals surface area contributed by atoms with Gasteiger partial charge in [0.15, 0.2) is 5.69 Å². The third-order valence-electron chi connectivity index (χ3n) is 6.82. The summed E-state index contributed by atoms with van der Waals surface area (Å²) in [5.41, 5.74) is 0.708. The number of aromatic nitrogens is 2.